The van der Waals surface area contributed by atoms with Gasteiger partial charge in [-0.05, 0) is 47.7 Å². The van der Waals surface area contributed by atoms with E-state index in [9.17, 15) is 9.59 Å². The fraction of sp³-hybridized carbons (Fsp3) is 0.222. The van der Waals surface area contributed by atoms with Crippen molar-refractivity contribution < 1.29 is 9.59 Å². The molecule has 120 valence electrons. The molecule has 0 radical (unpaired) electrons. The Kier molecular flexibility index (Phi) is 6.23. The largest absolute Gasteiger partial charge is 0.355 e. The third kappa shape index (κ3) is 4.86. The molecule has 4 nitrogen and oxygen atoms in total. The van der Waals surface area contributed by atoms with Crippen LogP contribution >= 0.6 is 11.8 Å². The first-order valence-electron chi connectivity index (χ1n) is 7.44. The second kappa shape index (κ2) is 8.39. The average Bonchev–Trinajstić information content (AvgIpc) is 2.60. The van der Waals surface area contributed by atoms with Crippen molar-refractivity contribution in [2.75, 3.05) is 18.1 Å². The number of thioether (sulfide) groups is 1. The summed E-state index contributed by atoms with van der Waals surface area (Å²) < 4.78 is 0. The van der Waals surface area contributed by atoms with Gasteiger partial charge in [0.25, 0.3) is 11.8 Å². The minimum absolute atomic E-state index is 0.150. The first kappa shape index (κ1) is 17.1. The topological polar surface area (TPSA) is 58.2 Å². The van der Waals surface area contributed by atoms with Gasteiger partial charge in [0.2, 0.25) is 0 Å². The van der Waals surface area contributed by atoms with Crippen LogP contribution in [0.1, 0.15) is 33.2 Å². The third-order valence-electron chi connectivity index (χ3n) is 3.32. The van der Waals surface area contributed by atoms with Crippen molar-refractivity contribution in [2.45, 2.75) is 12.7 Å². The van der Waals surface area contributed by atoms with Crippen molar-refractivity contribution in [2.24, 2.45) is 0 Å². The van der Waals surface area contributed by atoms with Crippen LogP contribution in [0.5, 0.6) is 0 Å². The minimum atomic E-state index is -0.160. The lowest BCUT2D eigenvalue weighted by molar-refractivity contribution is 0.0962. The Morgan fingerprint density at radius 3 is 2.04 bits per heavy atom. The lowest BCUT2D eigenvalue weighted by atomic mass is 10.1. The molecule has 0 heterocycles. The third-order valence-corrected chi connectivity index (χ3v) is 4.27. The number of hydrogen-bond acceptors (Lipinski definition) is 3. The molecule has 23 heavy (non-hydrogen) atoms. The van der Waals surface area contributed by atoms with Gasteiger partial charge in [0.15, 0.2) is 0 Å². The predicted molar refractivity (Wildman–Crippen MR) is 96.1 cm³/mol. The molecule has 0 unspecified atom stereocenters. The summed E-state index contributed by atoms with van der Waals surface area (Å²) in [7, 11) is 1.58. The Balaban J connectivity index is 1.99. The number of amides is 2. The summed E-state index contributed by atoms with van der Waals surface area (Å²) in [6.45, 7) is 2.13. The number of rotatable bonds is 6. The standard InChI is InChI=1S/C18H20N2O2S/c1-3-23-12-13-4-6-15(7-5-13)18(22)20-16-10-8-14(9-11-16)17(21)19-2/h4-11H,3,12H2,1-2H3,(H,19,21)(H,20,22). The Bertz CT molecular complexity index is 666. The molecular formula is C18H20N2O2S. The van der Waals surface area contributed by atoms with Gasteiger partial charge in [0.05, 0.1) is 0 Å². The predicted octanol–water partition coefficient (Wildman–Crippen LogP) is 3.55. The van der Waals surface area contributed by atoms with E-state index in [1.165, 1.54) is 5.56 Å². The van der Waals surface area contributed by atoms with Crippen molar-refractivity contribution >= 4 is 29.3 Å². The van der Waals surface area contributed by atoms with E-state index in [0.29, 0.717) is 16.8 Å². The summed E-state index contributed by atoms with van der Waals surface area (Å²) in [6, 6.07) is 14.4. The van der Waals surface area contributed by atoms with Crippen LogP contribution in [0.2, 0.25) is 0 Å². The number of benzene rings is 2. The molecule has 0 saturated heterocycles. The molecular weight excluding hydrogens is 308 g/mol. The van der Waals surface area contributed by atoms with Gasteiger partial charge >= 0.3 is 0 Å². The zero-order chi connectivity index (χ0) is 16.7. The molecule has 0 spiro atoms. The van der Waals surface area contributed by atoms with Gasteiger partial charge in [-0.25, -0.2) is 0 Å². The lowest BCUT2D eigenvalue weighted by Crippen LogP contribution is -2.17. The van der Waals surface area contributed by atoms with Crippen molar-refractivity contribution in [1.82, 2.24) is 5.32 Å². The van der Waals surface area contributed by atoms with Crippen LogP contribution in [0.15, 0.2) is 48.5 Å². The van der Waals surface area contributed by atoms with Gasteiger partial charge < -0.3 is 10.6 Å². The molecule has 0 aromatic heterocycles. The molecule has 2 amide bonds. The number of anilines is 1. The van der Waals surface area contributed by atoms with E-state index >= 15 is 0 Å². The molecule has 2 N–H and O–H groups in total. The van der Waals surface area contributed by atoms with Crippen LogP contribution < -0.4 is 10.6 Å². The summed E-state index contributed by atoms with van der Waals surface area (Å²) >= 11 is 1.85. The highest BCUT2D eigenvalue weighted by Gasteiger charge is 2.07. The molecule has 5 heteroatoms. The van der Waals surface area contributed by atoms with E-state index in [1.807, 2.05) is 36.0 Å². The summed E-state index contributed by atoms with van der Waals surface area (Å²) in [5.41, 5.74) is 3.05. The van der Waals surface area contributed by atoms with E-state index in [1.54, 1.807) is 31.3 Å². The number of nitrogens with one attached hydrogen (secondary N) is 2. The van der Waals surface area contributed by atoms with Crippen molar-refractivity contribution in [3.8, 4) is 0 Å². The maximum atomic E-state index is 12.2. The number of hydrogen-bond donors (Lipinski definition) is 2. The molecule has 0 bridgehead atoms. The van der Waals surface area contributed by atoms with Crippen LogP contribution in [0.25, 0.3) is 0 Å². The van der Waals surface area contributed by atoms with Gasteiger partial charge in [-0.15, -0.1) is 0 Å². The summed E-state index contributed by atoms with van der Waals surface area (Å²) in [6.07, 6.45) is 0. The van der Waals surface area contributed by atoms with Crippen LogP contribution in [0.4, 0.5) is 5.69 Å². The normalized spacial score (nSPS) is 10.2. The summed E-state index contributed by atoms with van der Waals surface area (Å²) in [5, 5.41) is 5.39. The lowest BCUT2D eigenvalue weighted by Gasteiger charge is -2.07. The fourth-order valence-electron chi connectivity index (χ4n) is 2.02. The maximum Gasteiger partial charge on any atom is 0.255 e. The Morgan fingerprint density at radius 1 is 0.913 bits per heavy atom. The Morgan fingerprint density at radius 2 is 1.48 bits per heavy atom. The van der Waals surface area contributed by atoms with Crippen LogP contribution in [0.3, 0.4) is 0 Å². The van der Waals surface area contributed by atoms with E-state index in [0.717, 1.165) is 11.5 Å². The van der Waals surface area contributed by atoms with E-state index in [2.05, 4.69) is 17.6 Å². The smallest absolute Gasteiger partial charge is 0.255 e. The molecule has 0 aliphatic heterocycles. The first-order valence-corrected chi connectivity index (χ1v) is 8.59. The molecule has 0 fully saturated rings. The zero-order valence-corrected chi connectivity index (χ0v) is 14.1. The Labute approximate surface area is 140 Å². The monoisotopic (exact) mass is 328 g/mol. The quantitative estimate of drug-likeness (QED) is 0.852. The molecule has 0 aliphatic rings. The average molecular weight is 328 g/mol. The van der Waals surface area contributed by atoms with Crippen LogP contribution in [-0.2, 0) is 5.75 Å². The second-order valence-electron chi connectivity index (χ2n) is 4.94. The van der Waals surface area contributed by atoms with Crippen LogP contribution in [-0.4, -0.2) is 24.6 Å². The fourth-order valence-corrected chi connectivity index (χ4v) is 2.66. The highest BCUT2D eigenvalue weighted by atomic mass is 32.2. The van der Waals surface area contributed by atoms with E-state index < -0.39 is 0 Å². The van der Waals surface area contributed by atoms with Crippen LogP contribution in [0, 0.1) is 0 Å². The molecule has 0 aliphatic carbocycles. The molecule has 2 rings (SSSR count). The minimum Gasteiger partial charge on any atom is -0.355 e. The highest BCUT2D eigenvalue weighted by molar-refractivity contribution is 7.98. The molecule has 2 aromatic rings. The van der Waals surface area contributed by atoms with Gasteiger partial charge in [0, 0.05) is 29.6 Å². The SMILES string of the molecule is CCSCc1ccc(C(=O)Nc2ccc(C(=O)NC)cc2)cc1. The molecule has 0 saturated carbocycles. The first-order chi connectivity index (χ1) is 11.1. The number of carbonyl (C=O) groups is 2. The van der Waals surface area contributed by atoms with Gasteiger partial charge in [0.1, 0.15) is 0 Å². The van der Waals surface area contributed by atoms with Crippen molar-refractivity contribution in [3.63, 3.8) is 0 Å². The van der Waals surface area contributed by atoms with E-state index in [4.69, 9.17) is 0 Å². The summed E-state index contributed by atoms with van der Waals surface area (Å²) in [5.74, 6) is 1.73. The maximum absolute atomic E-state index is 12.2. The second-order valence-corrected chi connectivity index (χ2v) is 6.22. The van der Waals surface area contributed by atoms with Gasteiger partial charge in [-0.1, -0.05) is 19.1 Å². The van der Waals surface area contributed by atoms with Gasteiger partial charge in [-0.2, -0.15) is 11.8 Å². The summed E-state index contributed by atoms with van der Waals surface area (Å²) in [4.78, 5) is 23.7. The van der Waals surface area contributed by atoms with E-state index in [-0.39, 0.29) is 11.8 Å². The highest BCUT2D eigenvalue weighted by Crippen LogP contribution is 2.15. The van der Waals surface area contributed by atoms with Gasteiger partial charge in [-0.3, -0.25) is 9.59 Å². The molecule has 0 atom stereocenters. The van der Waals surface area contributed by atoms with Crippen molar-refractivity contribution in [1.29, 1.82) is 0 Å². The zero-order valence-electron chi connectivity index (χ0n) is 13.3. The number of carbonyl (C=O) groups excluding carboxylic acids is 2. The molecule has 2 aromatic carbocycles. The Hall–Kier alpha value is -2.27. The van der Waals surface area contributed by atoms with Crippen molar-refractivity contribution in [3.05, 3.63) is 65.2 Å².